The molecule has 1 aromatic rings. The molecule has 1 aliphatic heterocycles. The molecule has 3 aliphatic rings. The summed E-state index contributed by atoms with van der Waals surface area (Å²) >= 11 is 1.34. The van der Waals surface area contributed by atoms with Crippen molar-refractivity contribution in [2.45, 2.75) is 19.8 Å². The van der Waals surface area contributed by atoms with Gasteiger partial charge in [-0.3, -0.25) is 9.59 Å². The minimum atomic E-state index is -0.156. The smallest absolute Gasteiger partial charge is 0.240 e. The van der Waals surface area contributed by atoms with Crippen LogP contribution in [0, 0.1) is 23.7 Å². The van der Waals surface area contributed by atoms with E-state index in [0.29, 0.717) is 5.13 Å². The standard InChI is InChI=1S/C13H13N3O2S/c1-2-8-14-15-13(19-8)16-11(17)9-6-3-4-7(5-6)10(9)12(16)18/h3-4,6-7,9-10H,2,5H2,1H3/t6-,7+,9-,10+. The van der Waals surface area contributed by atoms with Gasteiger partial charge in [-0.15, -0.1) is 10.2 Å². The molecule has 5 nitrogen and oxygen atoms in total. The van der Waals surface area contributed by atoms with Crippen molar-refractivity contribution in [2.75, 3.05) is 4.90 Å². The van der Waals surface area contributed by atoms with Gasteiger partial charge in [-0.05, 0) is 24.7 Å². The van der Waals surface area contributed by atoms with Crippen molar-refractivity contribution in [1.29, 1.82) is 0 Å². The zero-order valence-corrected chi connectivity index (χ0v) is 11.3. The van der Waals surface area contributed by atoms with Gasteiger partial charge in [0.25, 0.3) is 0 Å². The van der Waals surface area contributed by atoms with Crippen LogP contribution in [-0.4, -0.2) is 22.0 Å². The van der Waals surface area contributed by atoms with Gasteiger partial charge in [0, 0.05) is 0 Å². The van der Waals surface area contributed by atoms with Gasteiger partial charge in [-0.25, -0.2) is 4.90 Å². The molecule has 1 saturated carbocycles. The molecule has 0 aromatic carbocycles. The van der Waals surface area contributed by atoms with Gasteiger partial charge < -0.3 is 0 Å². The molecule has 0 spiro atoms. The quantitative estimate of drug-likeness (QED) is 0.605. The van der Waals surface area contributed by atoms with Gasteiger partial charge in [-0.2, -0.15) is 0 Å². The molecule has 1 aromatic heterocycles. The second kappa shape index (κ2) is 3.72. The lowest BCUT2D eigenvalue weighted by Crippen LogP contribution is -2.32. The predicted octanol–water partition coefficient (Wildman–Crippen LogP) is 1.41. The monoisotopic (exact) mass is 275 g/mol. The molecule has 6 heteroatoms. The van der Waals surface area contributed by atoms with Crippen LogP contribution in [0.15, 0.2) is 12.2 Å². The maximum absolute atomic E-state index is 12.5. The molecule has 2 heterocycles. The Morgan fingerprint density at radius 3 is 2.37 bits per heavy atom. The Hall–Kier alpha value is -1.56. The Bertz CT molecular complexity index is 579. The molecule has 4 rings (SSSR count). The molecule has 0 unspecified atom stereocenters. The first-order valence-electron chi connectivity index (χ1n) is 6.59. The number of allylic oxidation sites excluding steroid dienone is 2. The van der Waals surface area contributed by atoms with Gasteiger partial charge in [0.1, 0.15) is 5.01 Å². The van der Waals surface area contributed by atoms with Crippen LogP contribution < -0.4 is 4.90 Å². The zero-order valence-electron chi connectivity index (χ0n) is 10.4. The number of rotatable bonds is 2. The number of aryl methyl sites for hydroxylation is 1. The average molecular weight is 275 g/mol. The second-order valence-corrected chi connectivity index (χ2v) is 6.38. The summed E-state index contributed by atoms with van der Waals surface area (Å²) in [6.45, 7) is 1.98. The highest BCUT2D eigenvalue weighted by atomic mass is 32.1. The number of fused-ring (bicyclic) bond motifs is 5. The summed E-state index contributed by atoms with van der Waals surface area (Å²) < 4.78 is 0. The van der Waals surface area contributed by atoms with Gasteiger partial charge in [-0.1, -0.05) is 30.4 Å². The number of hydrogen-bond acceptors (Lipinski definition) is 5. The van der Waals surface area contributed by atoms with E-state index < -0.39 is 0 Å². The van der Waals surface area contributed by atoms with Crippen molar-refractivity contribution in [3.05, 3.63) is 17.2 Å². The van der Waals surface area contributed by atoms with Gasteiger partial charge >= 0.3 is 0 Å². The van der Waals surface area contributed by atoms with Crippen molar-refractivity contribution < 1.29 is 9.59 Å². The van der Waals surface area contributed by atoms with Crippen molar-refractivity contribution in [2.24, 2.45) is 23.7 Å². The van der Waals surface area contributed by atoms with Crippen LogP contribution in [0.25, 0.3) is 0 Å². The largest absolute Gasteiger partial charge is 0.274 e. The van der Waals surface area contributed by atoms with E-state index in [1.165, 1.54) is 16.2 Å². The minimum absolute atomic E-state index is 0.0781. The number of nitrogens with zero attached hydrogens (tertiary/aromatic N) is 3. The van der Waals surface area contributed by atoms with Crippen molar-refractivity contribution in [1.82, 2.24) is 10.2 Å². The predicted molar refractivity (Wildman–Crippen MR) is 69.5 cm³/mol. The van der Waals surface area contributed by atoms with Crippen molar-refractivity contribution >= 4 is 28.3 Å². The Balaban J connectivity index is 1.72. The fourth-order valence-electron chi connectivity index (χ4n) is 3.57. The van der Waals surface area contributed by atoms with Crippen LogP contribution in [0.1, 0.15) is 18.4 Å². The Morgan fingerprint density at radius 2 is 1.84 bits per heavy atom. The SMILES string of the molecule is CCc1nnc(N2C(=O)[C@@H]3[C@H](C2=O)[C@@H]2C=C[C@H]3C2)s1. The molecule has 2 bridgehead atoms. The third-order valence-corrected chi connectivity index (χ3v) is 5.47. The molecule has 0 radical (unpaired) electrons. The number of amides is 2. The number of hydrogen-bond donors (Lipinski definition) is 0. The third kappa shape index (κ3) is 1.35. The molecule has 98 valence electrons. The fraction of sp³-hybridized carbons (Fsp3) is 0.538. The third-order valence-electron chi connectivity index (χ3n) is 4.42. The van der Waals surface area contributed by atoms with E-state index in [-0.39, 0.29) is 35.5 Å². The Kier molecular flexibility index (Phi) is 2.21. The number of aromatic nitrogens is 2. The summed E-state index contributed by atoms with van der Waals surface area (Å²) in [7, 11) is 0. The number of anilines is 1. The first-order chi connectivity index (χ1) is 9.20. The molecule has 1 saturated heterocycles. The molecule has 2 amide bonds. The average Bonchev–Trinajstić information content (AvgIpc) is 3.14. The van der Waals surface area contributed by atoms with Gasteiger partial charge in [0.05, 0.1) is 11.8 Å². The highest BCUT2D eigenvalue weighted by molar-refractivity contribution is 7.15. The number of carbonyl (C=O) groups excluding carboxylic acids is 2. The lowest BCUT2D eigenvalue weighted by molar-refractivity contribution is -0.123. The highest BCUT2D eigenvalue weighted by Gasteiger charge is 2.60. The van der Waals surface area contributed by atoms with E-state index in [2.05, 4.69) is 22.3 Å². The summed E-state index contributed by atoms with van der Waals surface area (Å²) in [6.07, 6.45) is 5.92. The molecule has 2 aliphatic carbocycles. The second-order valence-electron chi connectivity index (χ2n) is 5.34. The summed E-state index contributed by atoms with van der Waals surface area (Å²) in [4.78, 5) is 26.3. The lowest BCUT2D eigenvalue weighted by atomic mass is 9.85. The number of imide groups is 1. The molecular weight excluding hydrogens is 262 g/mol. The number of carbonyl (C=O) groups is 2. The van der Waals surface area contributed by atoms with Crippen LogP contribution in [0.2, 0.25) is 0 Å². The van der Waals surface area contributed by atoms with Gasteiger partial charge in [0.15, 0.2) is 0 Å². The summed E-state index contributed by atoms with van der Waals surface area (Å²) in [6, 6.07) is 0. The van der Waals surface area contributed by atoms with Crippen molar-refractivity contribution in [3.63, 3.8) is 0 Å². The van der Waals surface area contributed by atoms with E-state index in [4.69, 9.17) is 0 Å². The van der Waals surface area contributed by atoms with E-state index in [1.807, 2.05) is 6.92 Å². The fourth-order valence-corrected chi connectivity index (χ4v) is 4.36. The van der Waals surface area contributed by atoms with Crippen LogP contribution in [0.5, 0.6) is 0 Å². The molecule has 19 heavy (non-hydrogen) atoms. The maximum atomic E-state index is 12.5. The van der Waals surface area contributed by atoms with Crippen LogP contribution in [-0.2, 0) is 16.0 Å². The summed E-state index contributed by atoms with van der Waals surface area (Å²) in [5.74, 6) is 0.0225. The summed E-state index contributed by atoms with van der Waals surface area (Å²) in [5.41, 5.74) is 0. The van der Waals surface area contributed by atoms with E-state index in [1.54, 1.807) is 0 Å². The minimum Gasteiger partial charge on any atom is -0.274 e. The topological polar surface area (TPSA) is 63.2 Å². The van der Waals surface area contributed by atoms with Crippen LogP contribution >= 0.6 is 11.3 Å². The summed E-state index contributed by atoms with van der Waals surface area (Å²) in [5, 5.41) is 9.30. The van der Waals surface area contributed by atoms with Crippen LogP contribution in [0.4, 0.5) is 5.13 Å². The normalized spacial score (nSPS) is 35.5. The molecular formula is C13H13N3O2S. The Labute approximate surface area is 114 Å². The zero-order chi connectivity index (χ0) is 13.1. The highest BCUT2D eigenvalue weighted by Crippen LogP contribution is 2.53. The molecule has 2 fully saturated rings. The van der Waals surface area contributed by atoms with E-state index >= 15 is 0 Å². The van der Waals surface area contributed by atoms with E-state index in [0.717, 1.165) is 17.8 Å². The first kappa shape index (κ1) is 11.3. The lowest BCUT2D eigenvalue weighted by Gasteiger charge is -2.14. The molecule has 4 atom stereocenters. The first-order valence-corrected chi connectivity index (χ1v) is 7.41. The van der Waals surface area contributed by atoms with Crippen LogP contribution in [0.3, 0.4) is 0 Å². The Morgan fingerprint density at radius 1 is 1.21 bits per heavy atom. The van der Waals surface area contributed by atoms with E-state index in [9.17, 15) is 9.59 Å². The van der Waals surface area contributed by atoms with Gasteiger partial charge in [0.2, 0.25) is 16.9 Å². The molecule has 0 N–H and O–H groups in total. The maximum Gasteiger partial charge on any atom is 0.240 e. The van der Waals surface area contributed by atoms with Crippen molar-refractivity contribution in [3.8, 4) is 0 Å².